The van der Waals surface area contributed by atoms with Gasteiger partial charge in [0.2, 0.25) is 0 Å². The summed E-state index contributed by atoms with van der Waals surface area (Å²) in [6.45, 7) is 5.30. The fraction of sp³-hybridized carbons (Fsp3) is 0.583. The van der Waals surface area contributed by atoms with Crippen molar-refractivity contribution in [2.45, 2.75) is 32.2 Å². The molecule has 0 aromatic heterocycles. The van der Waals surface area contributed by atoms with Crippen LogP contribution in [0.5, 0.6) is 0 Å². The molecule has 2 unspecified atom stereocenters. The third kappa shape index (κ3) is 2.05. The van der Waals surface area contributed by atoms with Crippen molar-refractivity contribution in [2.24, 2.45) is 16.8 Å². The van der Waals surface area contributed by atoms with Crippen LogP contribution in [0.25, 0.3) is 0 Å². The third-order valence-corrected chi connectivity index (χ3v) is 3.12. The highest BCUT2D eigenvalue weighted by Crippen LogP contribution is 2.35. The van der Waals surface area contributed by atoms with Gasteiger partial charge < -0.3 is 5.32 Å². The molecule has 0 bridgehead atoms. The van der Waals surface area contributed by atoms with Crippen LogP contribution in [-0.4, -0.2) is 24.3 Å². The number of Topliss-reactive ketones (excluding diaryl/α,β-unsaturated/α-hetero) is 2. The lowest BCUT2D eigenvalue weighted by Crippen LogP contribution is -2.44. The van der Waals surface area contributed by atoms with E-state index in [0.29, 0.717) is 12.1 Å². The second-order valence-corrected chi connectivity index (χ2v) is 4.60. The highest BCUT2D eigenvalue weighted by molar-refractivity contribution is 6.11. The molecule has 86 valence electrons. The van der Waals surface area contributed by atoms with E-state index < -0.39 is 5.92 Å². The van der Waals surface area contributed by atoms with Crippen molar-refractivity contribution in [3.05, 3.63) is 11.9 Å². The van der Waals surface area contributed by atoms with Crippen LogP contribution in [0.1, 0.15) is 26.2 Å². The Labute approximate surface area is 94.8 Å². The molecule has 1 saturated carbocycles. The first-order valence-electron chi connectivity index (χ1n) is 5.64. The predicted molar refractivity (Wildman–Crippen MR) is 61.1 cm³/mol. The maximum absolute atomic E-state index is 12.0. The van der Waals surface area contributed by atoms with Crippen molar-refractivity contribution in [1.82, 2.24) is 5.32 Å². The fourth-order valence-electron chi connectivity index (χ4n) is 2.13. The minimum Gasteiger partial charge on any atom is -0.378 e. The van der Waals surface area contributed by atoms with E-state index in [1.165, 1.54) is 6.20 Å². The smallest absolute Gasteiger partial charge is 0.190 e. The molecule has 1 N–H and O–H groups in total. The number of ketones is 2. The minimum atomic E-state index is -0.461. The number of allylic oxidation sites excluding steroid dienone is 1. The molecule has 2 fully saturated rings. The van der Waals surface area contributed by atoms with Gasteiger partial charge in [-0.25, -0.2) is 0 Å². The van der Waals surface area contributed by atoms with Crippen LogP contribution < -0.4 is 5.32 Å². The summed E-state index contributed by atoms with van der Waals surface area (Å²) in [5.41, 5.74) is 0.424. The molecular formula is C12H16N2O2. The van der Waals surface area contributed by atoms with Crippen molar-refractivity contribution in [2.75, 3.05) is 0 Å². The van der Waals surface area contributed by atoms with Crippen molar-refractivity contribution >= 4 is 18.3 Å². The molecule has 1 aliphatic heterocycles. The molecule has 0 amide bonds. The Kier molecular flexibility index (Phi) is 2.90. The van der Waals surface area contributed by atoms with Gasteiger partial charge in [0, 0.05) is 12.0 Å². The molecule has 4 nitrogen and oxygen atoms in total. The molecule has 2 rings (SSSR count). The third-order valence-electron chi connectivity index (χ3n) is 3.12. The number of carbonyl (C=O) groups excluding carboxylic acids is 2. The summed E-state index contributed by atoms with van der Waals surface area (Å²) in [5, 5.41) is 3.04. The lowest BCUT2D eigenvalue weighted by molar-refractivity contribution is -0.133. The SMILES string of the molecule is C=N/C=C1\NC(C)CC(C(=O)C2CC2)C1=O. The number of hydrogen-bond acceptors (Lipinski definition) is 4. The molecule has 0 radical (unpaired) electrons. The number of nitrogens with zero attached hydrogens (tertiary/aromatic N) is 1. The number of rotatable bonds is 3. The van der Waals surface area contributed by atoms with E-state index in [9.17, 15) is 9.59 Å². The van der Waals surface area contributed by atoms with Crippen LogP contribution in [-0.2, 0) is 9.59 Å². The number of carbonyl (C=O) groups is 2. The molecule has 4 heteroatoms. The molecule has 2 atom stereocenters. The van der Waals surface area contributed by atoms with Crippen LogP contribution in [0.3, 0.4) is 0 Å². The van der Waals surface area contributed by atoms with Gasteiger partial charge in [-0.05, 0) is 32.9 Å². The topological polar surface area (TPSA) is 58.5 Å². The largest absolute Gasteiger partial charge is 0.378 e. The monoisotopic (exact) mass is 220 g/mol. The van der Waals surface area contributed by atoms with Gasteiger partial charge in [-0.2, -0.15) is 0 Å². The molecule has 1 heterocycles. The Morgan fingerprint density at radius 2 is 2.25 bits per heavy atom. The zero-order chi connectivity index (χ0) is 11.7. The summed E-state index contributed by atoms with van der Waals surface area (Å²) >= 11 is 0. The summed E-state index contributed by atoms with van der Waals surface area (Å²) in [5.74, 6) is -0.329. The predicted octanol–water partition coefficient (Wildman–Crippen LogP) is 1.07. The van der Waals surface area contributed by atoms with E-state index in [2.05, 4.69) is 17.0 Å². The van der Waals surface area contributed by atoms with E-state index in [-0.39, 0.29) is 23.5 Å². The van der Waals surface area contributed by atoms with Crippen LogP contribution >= 0.6 is 0 Å². The fourth-order valence-corrected chi connectivity index (χ4v) is 2.13. The molecule has 0 spiro atoms. The van der Waals surface area contributed by atoms with Gasteiger partial charge in [-0.1, -0.05) is 0 Å². The second kappa shape index (κ2) is 4.20. The van der Waals surface area contributed by atoms with Crippen LogP contribution in [0, 0.1) is 11.8 Å². The van der Waals surface area contributed by atoms with Gasteiger partial charge in [-0.3, -0.25) is 14.6 Å². The minimum absolute atomic E-state index is 0.119. The summed E-state index contributed by atoms with van der Waals surface area (Å²) in [4.78, 5) is 27.5. The summed E-state index contributed by atoms with van der Waals surface area (Å²) in [6.07, 6.45) is 3.90. The van der Waals surface area contributed by atoms with E-state index in [4.69, 9.17) is 0 Å². The Morgan fingerprint density at radius 3 is 2.81 bits per heavy atom. The summed E-state index contributed by atoms with van der Waals surface area (Å²) < 4.78 is 0. The Morgan fingerprint density at radius 1 is 1.56 bits per heavy atom. The van der Waals surface area contributed by atoms with Gasteiger partial charge in [0.1, 0.15) is 5.78 Å². The molecule has 1 aliphatic carbocycles. The van der Waals surface area contributed by atoms with Gasteiger partial charge in [0.05, 0.1) is 17.8 Å². The Hall–Kier alpha value is -1.45. The van der Waals surface area contributed by atoms with Crippen LogP contribution in [0.4, 0.5) is 0 Å². The normalized spacial score (nSPS) is 32.3. The van der Waals surface area contributed by atoms with Crippen LogP contribution in [0.15, 0.2) is 16.9 Å². The standard InChI is InChI=1S/C12H16N2O2/c1-7-5-9(11(15)8-3-4-8)12(16)10(14-7)6-13-2/h6-9,14H,2-5H2,1H3/b10-6-. The van der Waals surface area contributed by atoms with Crippen molar-refractivity contribution in [3.8, 4) is 0 Å². The highest BCUT2D eigenvalue weighted by Gasteiger charge is 2.41. The number of nitrogens with one attached hydrogen (secondary N) is 1. The van der Waals surface area contributed by atoms with Gasteiger partial charge in [-0.15, -0.1) is 0 Å². The summed E-state index contributed by atoms with van der Waals surface area (Å²) in [7, 11) is 0. The zero-order valence-corrected chi connectivity index (χ0v) is 9.40. The lowest BCUT2D eigenvalue weighted by Gasteiger charge is -2.28. The van der Waals surface area contributed by atoms with Crippen molar-refractivity contribution in [3.63, 3.8) is 0 Å². The van der Waals surface area contributed by atoms with Gasteiger partial charge in [0.15, 0.2) is 5.78 Å². The highest BCUT2D eigenvalue weighted by atomic mass is 16.2. The van der Waals surface area contributed by atoms with Gasteiger partial charge >= 0.3 is 0 Å². The zero-order valence-electron chi connectivity index (χ0n) is 9.40. The molecule has 16 heavy (non-hydrogen) atoms. The van der Waals surface area contributed by atoms with Crippen molar-refractivity contribution < 1.29 is 9.59 Å². The van der Waals surface area contributed by atoms with E-state index in [1.807, 2.05) is 6.92 Å². The average Bonchev–Trinajstić information content (AvgIpc) is 3.06. The molecule has 0 aromatic carbocycles. The van der Waals surface area contributed by atoms with Crippen molar-refractivity contribution in [1.29, 1.82) is 0 Å². The second-order valence-electron chi connectivity index (χ2n) is 4.60. The first-order valence-corrected chi connectivity index (χ1v) is 5.64. The number of piperidine rings is 1. The number of aliphatic imine (C=N–C) groups is 1. The van der Waals surface area contributed by atoms with E-state index in [1.54, 1.807) is 0 Å². The summed E-state index contributed by atoms with van der Waals surface area (Å²) in [6, 6.07) is 0.137. The average molecular weight is 220 g/mol. The first-order chi connectivity index (χ1) is 7.63. The molecule has 1 saturated heterocycles. The lowest BCUT2D eigenvalue weighted by atomic mass is 9.85. The van der Waals surface area contributed by atoms with E-state index >= 15 is 0 Å². The Balaban J connectivity index is 2.17. The Bertz CT molecular complexity index is 369. The maximum atomic E-state index is 12.0. The molecule has 0 aromatic rings. The van der Waals surface area contributed by atoms with Crippen LogP contribution in [0.2, 0.25) is 0 Å². The first kappa shape index (κ1) is 11.0. The number of hydrogen-bond donors (Lipinski definition) is 1. The quantitative estimate of drug-likeness (QED) is 0.440. The van der Waals surface area contributed by atoms with Gasteiger partial charge in [0.25, 0.3) is 0 Å². The molecule has 2 aliphatic rings. The van der Waals surface area contributed by atoms with E-state index in [0.717, 1.165) is 12.8 Å². The maximum Gasteiger partial charge on any atom is 0.190 e. The molecular weight excluding hydrogens is 204 g/mol.